The van der Waals surface area contributed by atoms with Gasteiger partial charge in [-0.15, -0.1) is 0 Å². The molecule has 0 unspecified atom stereocenters. The fourth-order valence-corrected chi connectivity index (χ4v) is 1.74. The van der Waals surface area contributed by atoms with Crippen molar-refractivity contribution >= 4 is 11.0 Å². The number of aryl methyl sites for hydroxylation is 1. The Labute approximate surface area is 85.0 Å². The molecule has 0 amide bonds. The normalized spacial score (nSPS) is 13.4. The summed E-state index contributed by atoms with van der Waals surface area (Å²) < 4.78 is 15.6. The van der Waals surface area contributed by atoms with Gasteiger partial charge in [-0.25, -0.2) is 4.79 Å². The Bertz CT molecular complexity index is 597. The Morgan fingerprint density at radius 1 is 1.27 bits per heavy atom. The molecule has 1 aromatic heterocycles. The minimum atomic E-state index is -0.371. The van der Waals surface area contributed by atoms with Crippen LogP contribution in [-0.4, -0.2) is 6.79 Å². The number of hydrogen-bond acceptors (Lipinski definition) is 4. The summed E-state index contributed by atoms with van der Waals surface area (Å²) in [6.07, 6.45) is 0. The predicted octanol–water partition coefficient (Wildman–Crippen LogP) is 1.83. The first kappa shape index (κ1) is 8.35. The van der Waals surface area contributed by atoms with Crippen molar-refractivity contribution in [2.45, 2.75) is 6.92 Å². The highest BCUT2D eigenvalue weighted by Gasteiger charge is 2.19. The maximum absolute atomic E-state index is 11.2. The fourth-order valence-electron chi connectivity index (χ4n) is 1.74. The Morgan fingerprint density at radius 2 is 2.13 bits per heavy atom. The third-order valence-corrected chi connectivity index (χ3v) is 2.46. The van der Waals surface area contributed by atoms with Crippen molar-refractivity contribution < 1.29 is 13.9 Å². The molecule has 0 aliphatic carbocycles. The molecule has 0 bridgehead atoms. The molecule has 1 aromatic carbocycles. The zero-order valence-corrected chi connectivity index (χ0v) is 8.07. The van der Waals surface area contributed by atoms with Crippen LogP contribution >= 0.6 is 0 Å². The molecular weight excluding hydrogens is 196 g/mol. The summed E-state index contributed by atoms with van der Waals surface area (Å²) in [7, 11) is 0. The highest BCUT2D eigenvalue weighted by Crippen LogP contribution is 2.39. The van der Waals surface area contributed by atoms with E-state index in [1.54, 1.807) is 0 Å². The van der Waals surface area contributed by atoms with Gasteiger partial charge in [0.05, 0.1) is 0 Å². The minimum absolute atomic E-state index is 0.173. The van der Waals surface area contributed by atoms with Gasteiger partial charge in [0.2, 0.25) is 12.5 Å². The maximum Gasteiger partial charge on any atom is 0.336 e. The minimum Gasteiger partial charge on any atom is -0.453 e. The molecule has 4 nitrogen and oxygen atoms in total. The van der Waals surface area contributed by atoms with E-state index in [9.17, 15) is 4.79 Å². The highest BCUT2D eigenvalue weighted by atomic mass is 16.7. The number of fused-ring (bicyclic) bond motifs is 3. The van der Waals surface area contributed by atoms with Crippen LogP contribution in [-0.2, 0) is 0 Å². The van der Waals surface area contributed by atoms with Crippen molar-refractivity contribution in [1.82, 2.24) is 0 Å². The molecule has 0 saturated heterocycles. The Balaban J connectivity index is 2.50. The summed E-state index contributed by atoms with van der Waals surface area (Å²) in [6.45, 7) is 2.04. The van der Waals surface area contributed by atoms with Crippen LogP contribution in [0.3, 0.4) is 0 Å². The largest absolute Gasteiger partial charge is 0.453 e. The molecule has 76 valence electrons. The van der Waals surface area contributed by atoms with Gasteiger partial charge in [0.15, 0.2) is 11.3 Å². The average molecular weight is 204 g/mol. The molecule has 15 heavy (non-hydrogen) atoms. The van der Waals surface area contributed by atoms with Gasteiger partial charge < -0.3 is 13.9 Å². The lowest BCUT2D eigenvalue weighted by molar-refractivity contribution is 0.174. The van der Waals surface area contributed by atoms with Crippen LogP contribution in [0, 0.1) is 6.92 Å². The zero-order valence-electron chi connectivity index (χ0n) is 8.07. The highest BCUT2D eigenvalue weighted by molar-refractivity contribution is 5.88. The number of rotatable bonds is 0. The van der Waals surface area contributed by atoms with Crippen molar-refractivity contribution in [2.75, 3.05) is 6.79 Å². The second-order valence-electron chi connectivity index (χ2n) is 3.42. The molecule has 0 saturated carbocycles. The lowest BCUT2D eigenvalue weighted by atomic mass is 10.1. The molecule has 0 fully saturated rings. The van der Waals surface area contributed by atoms with Crippen LogP contribution in [0.5, 0.6) is 11.5 Å². The van der Waals surface area contributed by atoms with Crippen LogP contribution in [0.4, 0.5) is 0 Å². The van der Waals surface area contributed by atoms with E-state index in [-0.39, 0.29) is 12.4 Å². The molecule has 3 rings (SSSR count). The van der Waals surface area contributed by atoms with Crippen molar-refractivity contribution in [3.63, 3.8) is 0 Å². The SMILES string of the molecule is Cc1cc(=O)oc2c3c(ccc12)OCO3. The van der Waals surface area contributed by atoms with Crippen molar-refractivity contribution in [3.8, 4) is 11.5 Å². The molecule has 1 aliphatic rings. The molecule has 0 atom stereocenters. The van der Waals surface area contributed by atoms with Gasteiger partial charge >= 0.3 is 5.63 Å². The van der Waals surface area contributed by atoms with Crippen LogP contribution in [0.25, 0.3) is 11.0 Å². The smallest absolute Gasteiger partial charge is 0.336 e. The molecule has 0 radical (unpaired) electrons. The van der Waals surface area contributed by atoms with Crippen LogP contribution < -0.4 is 15.1 Å². The number of ether oxygens (including phenoxy) is 2. The predicted molar refractivity (Wildman–Crippen MR) is 53.3 cm³/mol. The quantitative estimate of drug-likeness (QED) is 0.614. The lowest BCUT2D eigenvalue weighted by Crippen LogP contribution is -1.98. The average Bonchev–Trinajstić information content (AvgIpc) is 2.65. The van der Waals surface area contributed by atoms with Crippen molar-refractivity contribution in [3.05, 3.63) is 34.2 Å². The van der Waals surface area contributed by atoms with Gasteiger partial charge in [-0.2, -0.15) is 0 Å². The summed E-state index contributed by atoms with van der Waals surface area (Å²) in [5.41, 5.74) is 0.971. The van der Waals surface area contributed by atoms with Crippen LogP contribution in [0.2, 0.25) is 0 Å². The third-order valence-electron chi connectivity index (χ3n) is 2.46. The maximum atomic E-state index is 11.2. The molecule has 0 N–H and O–H groups in total. The topological polar surface area (TPSA) is 48.7 Å². The number of benzene rings is 1. The second-order valence-corrected chi connectivity index (χ2v) is 3.42. The molecule has 2 aromatic rings. The van der Waals surface area contributed by atoms with Crippen molar-refractivity contribution in [2.24, 2.45) is 0 Å². The first-order chi connectivity index (χ1) is 7.25. The van der Waals surface area contributed by atoms with E-state index in [4.69, 9.17) is 13.9 Å². The van der Waals surface area contributed by atoms with Gasteiger partial charge in [0, 0.05) is 11.5 Å². The summed E-state index contributed by atoms with van der Waals surface area (Å²) in [6, 6.07) is 5.14. The van der Waals surface area contributed by atoms with E-state index in [1.165, 1.54) is 6.07 Å². The van der Waals surface area contributed by atoms with E-state index in [0.29, 0.717) is 17.1 Å². The summed E-state index contributed by atoms with van der Waals surface area (Å²) in [4.78, 5) is 11.2. The zero-order chi connectivity index (χ0) is 10.4. The molecule has 2 heterocycles. The summed E-state index contributed by atoms with van der Waals surface area (Å²) >= 11 is 0. The summed E-state index contributed by atoms with van der Waals surface area (Å²) in [5.74, 6) is 1.14. The van der Waals surface area contributed by atoms with E-state index < -0.39 is 0 Å². The van der Waals surface area contributed by atoms with E-state index in [1.807, 2.05) is 19.1 Å². The Hall–Kier alpha value is -1.97. The first-order valence-electron chi connectivity index (χ1n) is 4.59. The monoisotopic (exact) mass is 204 g/mol. The van der Waals surface area contributed by atoms with Gasteiger partial charge in [-0.3, -0.25) is 0 Å². The van der Waals surface area contributed by atoms with E-state index in [0.717, 1.165) is 10.9 Å². The van der Waals surface area contributed by atoms with Crippen LogP contribution in [0.15, 0.2) is 27.4 Å². The second kappa shape index (κ2) is 2.76. The fraction of sp³-hybridized carbons (Fsp3) is 0.182. The third kappa shape index (κ3) is 1.11. The van der Waals surface area contributed by atoms with Crippen molar-refractivity contribution in [1.29, 1.82) is 0 Å². The first-order valence-corrected chi connectivity index (χ1v) is 4.59. The number of hydrogen-bond donors (Lipinski definition) is 0. The Morgan fingerprint density at radius 3 is 3.00 bits per heavy atom. The molecule has 4 heteroatoms. The Kier molecular flexibility index (Phi) is 1.54. The van der Waals surface area contributed by atoms with Gasteiger partial charge in [-0.1, -0.05) is 0 Å². The molecular formula is C11H8O4. The van der Waals surface area contributed by atoms with E-state index >= 15 is 0 Å². The standard InChI is InChI=1S/C11H8O4/c1-6-4-9(12)15-10-7(6)2-3-8-11(10)14-5-13-8/h2-4H,5H2,1H3. The molecule has 0 spiro atoms. The lowest BCUT2D eigenvalue weighted by Gasteiger charge is -2.02. The van der Waals surface area contributed by atoms with Gasteiger partial charge in [-0.05, 0) is 24.6 Å². The van der Waals surface area contributed by atoms with Gasteiger partial charge in [0.25, 0.3) is 0 Å². The summed E-state index contributed by atoms with van der Waals surface area (Å²) in [5, 5.41) is 0.874. The van der Waals surface area contributed by atoms with E-state index in [2.05, 4.69) is 0 Å². The van der Waals surface area contributed by atoms with Crippen LogP contribution in [0.1, 0.15) is 5.56 Å². The van der Waals surface area contributed by atoms with Gasteiger partial charge in [0.1, 0.15) is 0 Å². The molecule has 1 aliphatic heterocycles.